The minimum atomic E-state index is 0.468. The van der Waals surface area contributed by atoms with Crippen LogP contribution in [-0.2, 0) is 6.54 Å². The van der Waals surface area contributed by atoms with Gasteiger partial charge in [-0.3, -0.25) is 9.88 Å². The lowest BCUT2D eigenvalue weighted by molar-refractivity contribution is 0.169. The Kier molecular flexibility index (Phi) is 4.94. The fraction of sp³-hybridized carbons (Fsp3) is 0.733. The van der Waals surface area contributed by atoms with Gasteiger partial charge in [-0.15, -0.1) is 0 Å². The molecule has 1 saturated heterocycles. The Morgan fingerprint density at radius 3 is 2.35 bits per heavy atom. The summed E-state index contributed by atoms with van der Waals surface area (Å²) in [5.74, 6) is 0.991. The number of rotatable bonds is 4. The highest BCUT2D eigenvalue weighted by atomic mass is 15.3. The lowest BCUT2D eigenvalue weighted by Crippen LogP contribution is -2.55. The molecule has 0 aromatic carbocycles. The summed E-state index contributed by atoms with van der Waals surface area (Å²) in [6, 6.07) is 1.56. The van der Waals surface area contributed by atoms with Crippen molar-refractivity contribution in [3.63, 3.8) is 0 Å². The maximum Gasteiger partial charge on any atom is 0.147 e. The molecule has 0 bridgehead atoms. The first-order valence-electron chi connectivity index (χ1n) is 7.48. The van der Waals surface area contributed by atoms with Gasteiger partial charge < -0.3 is 10.2 Å². The van der Waals surface area contributed by atoms with E-state index in [9.17, 15) is 0 Å². The summed E-state index contributed by atoms with van der Waals surface area (Å²) in [4.78, 5) is 13.9. The highest BCUT2D eigenvalue weighted by Crippen LogP contribution is 2.18. The van der Waals surface area contributed by atoms with Gasteiger partial charge in [0.2, 0.25) is 0 Å². The Labute approximate surface area is 122 Å². The molecule has 0 radical (unpaired) electrons. The molecule has 20 heavy (non-hydrogen) atoms. The van der Waals surface area contributed by atoms with Crippen LogP contribution in [0.3, 0.4) is 0 Å². The average Bonchev–Trinajstić information content (AvgIpc) is 2.42. The molecule has 1 aliphatic rings. The summed E-state index contributed by atoms with van der Waals surface area (Å²) in [7, 11) is 2.19. The molecule has 1 aliphatic heterocycles. The standard InChI is InChI=1S/C15H27N5/c1-11(2)16-6-14-7-18-15(8-17-14)20-9-12(3)19(5)13(4)10-20/h7-8,11-13,16H,6,9-10H2,1-5H3. The van der Waals surface area contributed by atoms with Gasteiger partial charge in [-0.25, -0.2) is 4.98 Å². The van der Waals surface area contributed by atoms with E-state index in [4.69, 9.17) is 0 Å². The van der Waals surface area contributed by atoms with E-state index >= 15 is 0 Å². The molecule has 1 aromatic rings. The van der Waals surface area contributed by atoms with Crippen LogP contribution in [0.5, 0.6) is 0 Å². The zero-order valence-electron chi connectivity index (χ0n) is 13.3. The van der Waals surface area contributed by atoms with Gasteiger partial charge in [-0.1, -0.05) is 13.8 Å². The van der Waals surface area contributed by atoms with Crippen molar-refractivity contribution in [2.75, 3.05) is 25.0 Å². The van der Waals surface area contributed by atoms with Crippen LogP contribution >= 0.6 is 0 Å². The van der Waals surface area contributed by atoms with Crippen LogP contribution in [-0.4, -0.2) is 53.1 Å². The molecule has 2 atom stereocenters. The van der Waals surface area contributed by atoms with Crippen LogP contribution in [0.2, 0.25) is 0 Å². The largest absolute Gasteiger partial charge is 0.352 e. The van der Waals surface area contributed by atoms with Gasteiger partial charge in [0, 0.05) is 37.8 Å². The predicted molar refractivity (Wildman–Crippen MR) is 82.9 cm³/mol. The topological polar surface area (TPSA) is 44.3 Å². The van der Waals surface area contributed by atoms with Crippen LogP contribution in [0.4, 0.5) is 5.82 Å². The first kappa shape index (κ1) is 15.2. The third-order valence-electron chi connectivity index (χ3n) is 4.07. The number of hydrogen-bond acceptors (Lipinski definition) is 5. The zero-order chi connectivity index (χ0) is 14.7. The van der Waals surface area contributed by atoms with Crippen molar-refractivity contribution in [3.05, 3.63) is 18.1 Å². The van der Waals surface area contributed by atoms with Gasteiger partial charge in [-0.05, 0) is 20.9 Å². The lowest BCUT2D eigenvalue weighted by atomic mass is 10.1. The summed E-state index contributed by atoms with van der Waals surface area (Å²) >= 11 is 0. The number of piperazine rings is 1. The second-order valence-electron chi connectivity index (χ2n) is 6.17. The van der Waals surface area contributed by atoms with Gasteiger partial charge >= 0.3 is 0 Å². The van der Waals surface area contributed by atoms with Crippen molar-refractivity contribution >= 4 is 5.82 Å². The van der Waals surface area contributed by atoms with E-state index < -0.39 is 0 Å². The van der Waals surface area contributed by atoms with Crippen LogP contribution in [0, 0.1) is 0 Å². The second kappa shape index (κ2) is 6.50. The Balaban J connectivity index is 1.99. The van der Waals surface area contributed by atoms with E-state index in [0.29, 0.717) is 18.1 Å². The molecule has 112 valence electrons. The van der Waals surface area contributed by atoms with Crippen LogP contribution < -0.4 is 10.2 Å². The number of nitrogens with zero attached hydrogens (tertiary/aromatic N) is 4. The van der Waals surface area contributed by atoms with Crippen LogP contribution in [0.15, 0.2) is 12.4 Å². The SMILES string of the molecule is CC(C)NCc1cnc(N2CC(C)N(C)C(C)C2)cn1. The van der Waals surface area contributed by atoms with Crippen LogP contribution in [0.25, 0.3) is 0 Å². The van der Waals surface area contributed by atoms with Gasteiger partial charge in [0.1, 0.15) is 5.82 Å². The molecule has 2 rings (SSSR count). The van der Waals surface area contributed by atoms with E-state index in [0.717, 1.165) is 31.1 Å². The zero-order valence-corrected chi connectivity index (χ0v) is 13.3. The molecular formula is C15H27N5. The van der Waals surface area contributed by atoms with E-state index in [1.165, 1.54) is 0 Å². The van der Waals surface area contributed by atoms with Gasteiger partial charge in [0.15, 0.2) is 0 Å². The van der Waals surface area contributed by atoms with Crippen molar-refractivity contribution in [2.45, 2.75) is 52.4 Å². The van der Waals surface area contributed by atoms with Gasteiger partial charge in [0.05, 0.1) is 18.1 Å². The first-order chi connectivity index (χ1) is 9.47. The summed E-state index contributed by atoms with van der Waals surface area (Å²) in [6.07, 6.45) is 3.79. The maximum absolute atomic E-state index is 4.58. The molecule has 1 fully saturated rings. The quantitative estimate of drug-likeness (QED) is 0.903. The Bertz CT molecular complexity index is 405. The highest BCUT2D eigenvalue weighted by Gasteiger charge is 2.27. The maximum atomic E-state index is 4.58. The summed E-state index contributed by atoms with van der Waals surface area (Å²) < 4.78 is 0. The minimum Gasteiger partial charge on any atom is -0.352 e. The summed E-state index contributed by atoms with van der Waals surface area (Å²) in [6.45, 7) is 11.6. The van der Waals surface area contributed by atoms with Crippen LogP contribution in [0.1, 0.15) is 33.4 Å². The van der Waals surface area contributed by atoms with Crippen molar-refractivity contribution in [2.24, 2.45) is 0 Å². The monoisotopic (exact) mass is 277 g/mol. The molecule has 0 saturated carbocycles. The third kappa shape index (κ3) is 3.67. The van der Waals surface area contributed by atoms with Crippen molar-refractivity contribution in [1.29, 1.82) is 0 Å². The smallest absolute Gasteiger partial charge is 0.147 e. The van der Waals surface area contributed by atoms with E-state index in [-0.39, 0.29) is 0 Å². The predicted octanol–water partition coefficient (Wildman–Crippen LogP) is 1.50. The number of aromatic nitrogens is 2. The normalized spacial score (nSPS) is 24.4. The van der Waals surface area contributed by atoms with E-state index in [1.54, 1.807) is 0 Å². The molecule has 2 unspecified atom stereocenters. The van der Waals surface area contributed by atoms with Crippen molar-refractivity contribution in [1.82, 2.24) is 20.2 Å². The molecule has 2 heterocycles. The fourth-order valence-electron chi connectivity index (χ4n) is 2.50. The molecule has 0 aliphatic carbocycles. The summed E-state index contributed by atoms with van der Waals surface area (Å²) in [5.41, 5.74) is 0.998. The second-order valence-corrected chi connectivity index (χ2v) is 6.17. The Morgan fingerprint density at radius 2 is 1.85 bits per heavy atom. The van der Waals surface area contributed by atoms with E-state index in [2.05, 4.69) is 59.8 Å². The Hall–Kier alpha value is -1.20. The first-order valence-corrected chi connectivity index (χ1v) is 7.48. The average molecular weight is 277 g/mol. The lowest BCUT2D eigenvalue weighted by Gasteiger charge is -2.42. The molecule has 1 aromatic heterocycles. The molecule has 0 amide bonds. The van der Waals surface area contributed by atoms with Gasteiger partial charge in [-0.2, -0.15) is 0 Å². The van der Waals surface area contributed by atoms with Crippen molar-refractivity contribution in [3.8, 4) is 0 Å². The third-order valence-corrected chi connectivity index (χ3v) is 4.07. The molecular weight excluding hydrogens is 250 g/mol. The number of nitrogens with one attached hydrogen (secondary N) is 1. The van der Waals surface area contributed by atoms with Gasteiger partial charge in [0.25, 0.3) is 0 Å². The number of hydrogen-bond donors (Lipinski definition) is 1. The fourth-order valence-corrected chi connectivity index (χ4v) is 2.50. The highest BCUT2D eigenvalue weighted by molar-refractivity contribution is 5.37. The number of anilines is 1. The molecule has 5 heteroatoms. The molecule has 0 spiro atoms. The molecule has 1 N–H and O–H groups in total. The minimum absolute atomic E-state index is 0.468. The Morgan fingerprint density at radius 1 is 1.20 bits per heavy atom. The number of likely N-dealkylation sites (N-methyl/N-ethyl adjacent to an activating group) is 1. The van der Waals surface area contributed by atoms with Crippen molar-refractivity contribution < 1.29 is 0 Å². The summed E-state index contributed by atoms with van der Waals surface area (Å²) in [5, 5.41) is 3.36. The molecule has 5 nitrogen and oxygen atoms in total. The van der Waals surface area contributed by atoms with E-state index in [1.807, 2.05) is 12.4 Å².